The minimum Gasteiger partial charge on any atom is -0.394 e. The van der Waals surface area contributed by atoms with Gasteiger partial charge >= 0.3 is 0 Å². The highest BCUT2D eigenvalue weighted by Gasteiger charge is 2.44. The van der Waals surface area contributed by atoms with Crippen LogP contribution in [-0.4, -0.2) is 87.9 Å². The van der Waals surface area contributed by atoms with E-state index in [0.29, 0.717) is 22.9 Å². The second-order valence-electron chi connectivity index (χ2n) is 6.19. The predicted octanol–water partition coefficient (Wildman–Crippen LogP) is -1.43. The van der Waals surface area contributed by atoms with E-state index in [9.17, 15) is 15.3 Å². The van der Waals surface area contributed by atoms with Crippen molar-refractivity contribution >= 4 is 22.9 Å². The lowest BCUT2D eigenvalue weighted by molar-refractivity contribution is -0.0511. The summed E-state index contributed by atoms with van der Waals surface area (Å²) in [6.45, 7) is -0.387. The second kappa shape index (κ2) is 6.13. The Morgan fingerprint density at radius 3 is 2.38 bits per heavy atom. The number of fused-ring (bicyclic) bond motifs is 1. The number of hydrogen-bond donors (Lipinski definition) is 3. The van der Waals surface area contributed by atoms with Crippen molar-refractivity contribution in [3.8, 4) is 0 Å². The average molecular weight is 338 g/mol. The third-order valence-corrected chi connectivity index (χ3v) is 4.01. The Bertz CT molecular complexity index is 733. The fourth-order valence-corrected chi connectivity index (χ4v) is 2.70. The van der Waals surface area contributed by atoms with Crippen LogP contribution in [0.1, 0.15) is 6.23 Å². The molecule has 1 aliphatic heterocycles. The predicted molar refractivity (Wildman–Crippen MR) is 87.0 cm³/mol. The zero-order valence-corrected chi connectivity index (χ0v) is 14.0. The first-order chi connectivity index (χ1) is 11.3. The van der Waals surface area contributed by atoms with Crippen LogP contribution in [0.2, 0.25) is 0 Å². The summed E-state index contributed by atoms with van der Waals surface area (Å²) in [5.41, 5.74) is 1.04. The summed E-state index contributed by atoms with van der Waals surface area (Å²) < 4.78 is 7.13. The van der Waals surface area contributed by atoms with Gasteiger partial charge in [0.1, 0.15) is 18.3 Å². The number of ether oxygens (including phenoxy) is 1. The van der Waals surface area contributed by atoms with Gasteiger partial charge < -0.3 is 29.9 Å². The first-order valence-corrected chi connectivity index (χ1v) is 7.56. The maximum absolute atomic E-state index is 10.2. The van der Waals surface area contributed by atoms with Crippen molar-refractivity contribution in [3.05, 3.63) is 6.33 Å². The van der Waals surface area contributed by atoms with Crippen LogP contribution in [-0.2, 0) is 4.74 Å². The summed E-state index contributed by atoms with van der Waals surface area (Å²) in [6.07, 6.45) is -2.62. The van der Waals surface area contributed by atoms with E-state index in [4.69, 9.17) is 4.74 Å². The van der Waals surface area contributed by atoms with Crippen LogP contribution in [0, 0.1) is 0 Å². The molecule has 0 bridgehead atoms. The maximum atomic E-state index is 10.2. The molecule has 3 heterocycles. The molecule has 1 fully saturated rings. The van der Waals surface area contributed by atoms with Gasteiger partial charge in [0.2, 0.25) is 5.95 Å². The molecule has 0 saturated carbocycles. The lowest BCUT2D eigenvalue weighted by Crippen LogP contribution is -2.33. The Morgan fingerprint density at radius 1 is 1.12 bits per heavy atom. The number of aromatic nitrogens is 4. The van der Waals surface area contributed by atoms with Gasteiger partial charge in [-0.3, -0.25) is 4.57 Å². The van der Waals surface area contributed by atoms with E-state index >= 15 is 0 Å². The number of aliphatic hydroxyl groups is 3. The smallest absolute Gasteiger partial charge is 0.228 e. The molecule has 24 heavy (non-hydrogen) atoms. The Hall–Kier alpha value is -2.01. The molecule has 0 aromatic carbocycles. The van der Waals surface area contributed by atoms with Gasteiger partial charge in [-0.1, -0.05) is 0 Å². The molecule has 1 unspecified atom stereocenters. The molecular weight excluding hydrogens is 316 g/mol. The van der Waals surface area contributed by atoms with Crippen LogP contribution in [0.3, 0.4) is 0 Å². The van der Waals surface area contributed by atoms with Crippen LogP contribution in [0.5, 0.6) is 0 Å². The molecule has 0 radical (unpaired) electrons. The zero-order valence-electron chi connectivity index (χ0n) is 14.0. The molecule has 10 nitrogen and oxygen atoms in total. The summed E-state index contributed by atoms with van der Waals surface area (Å²) in [5, 5.41) is 29.5. The first kappa shape index (κ1) is 16.8. The van der Waals surface area contributed by atoms with Crippen molar-refractivity contribution in [2.24, 2.45) is 0 Å². The van der Waals surface area contributed by atoms with E-state index in [-0.39, 0.29) is 6.61 Å². The Morgan fingerprint density at radius 2 is 1.83 bits per heavy atom. The monoisotopic (exact) mass is 338 g/mol. The van der Waals surface area contributed by atoms with E-state index in [1.807, 2.05) is 33.1 Å². The molecule has 0 amide bonds. The third-order valence-electron chi connectivity index (χ3n) is 4.01. The molecule has 3 rings (SSSR count). The topological polar surface area (TPSA) is 120 Å². The Kier molecular flexibility index (Phi) is 4.30. The van der Waals surface area contributed by atoms with E-state index < -0.39 is 24.5 Å². The minimum absolute atomic E-state index is 0.387. The number of nitrogens with zero attached hydrogens (tertiary/aromatic N) is 6. The molecule has 10 heteroatoms. The summed E-state index contributed by atoms with van der Waals surface area (Å²) in [6, 6.07) is 0. The lowest BCUT2D eigenvalue weighted by Gasteiger charge is -2.19. The molecular formula is C14H22N6O4. The van der Waals surface area contributed by atoms with Gasteiger partial charge in [0.05, 0.1) is 12.9 Å². The summed E-state index contributed by atoms with van der Waals surface area (Å²) in [5.74, 6) is 1.12. The van der Waals surface area contributed by atoms with Gasteiger partial charge in [0, 0.05) is 28.2 Å². The number of rotatable bonds is 4. The highest BCUT2D eigenvalue weighted by Crippen LogP contribution is 2.33. The van der Waals surface area contributed by atoms with Crippen LogP contribution < -0.4 is 9.80 Å². The standard InChI is InChI=1S/C14H22N6O4/c1-18(2)11-8-12(17-14(16-11)19(3)4)20(6-15-8)13-10(23)9(22)7(5-21)24-13/h6-7,9-10,13,21-23H,5H2,1-4H3/t7-,9?,10+,13-/m1/s1. The Labute approximate surface area is 138 Å². The second-order valence-corrected chi connectivity index (χ2v) is 6.19. The molecule has 2 aromatic heterocycles. The summed E-state index contributed by atoms with van der Waals surface area (Å²) >= 11 is 0. The van der Waals surface area contributed by atoms with Crippen molar-refractivity contribution in [2.75, 3.05) is 44.6 Å². The van der Waals surface area contributed by atoms with Crippen LogP contribution >= 0.6 is 0 Å². The molecule has 0 spiro atoms. The molecule has 1 saturated heterocycles. The van der Waals surface area contributed by atoms with Crippen molar-refractivity contribution in [3.63, 3.8) is 0 Å². The fourth-order valence-electron chi connectivity index (χ4n) is 2.70. The van der Waals surface area contributed by atoms with Crippen LogP contribution in [0.25, 0.3) is 11.2 Å². The van der Waals surface area contributed by atoms with E-state index in [0.717, 1.165) is 0 Å². The van der Waals surface area contributed by atoms with Crippen molar-refractivity contribution in [1.29, 1.82) is 0 Å². The molecule has 3 N–H and O–H groups in total. The summed E-state index contributed by atoms with van der Waals surface area (Å²) in [7, 11) is 7.36. The molecule has 1 aliphatic rings. The fraction of sp³-hybridized carbons (Fsp3) is 0.643. The van der Waals surface area contributed by atoms with E-state index in [2.05, 4.69) is 15.0 Å². The zero-order chi connectivity index (χ0) is 17.6. The largest absolute Gasteiger partial charge is 0.394 e. The van der Waals surface area contributed by atoms with Gasteiger partial charge in [-0.15, -0.1) is 0 Å². The van der Waals surface area contributed by atoms with Gasteiger partial charge in [-0.05, 0) is 0 Å². The van der Waals surface area contributed by atoms with Crippen molar-refractivity contribution in [1.82, 2.24) is 19.5 Å². The van der Waals surface area contributed by atoms with Gasteiger partial charge in [0.25, 0.3) is 0 Å². The highest BCUT2D eigenvalue weighted by molar-refractivity contribution is 5.84. The number of imidazole rings is 1. The van der Waals surface area contributed by atoms with Crippen LogP contribution in [0.15, 0.2) is 6.33 Å². The van der Waals surface area contributed by atoms with Crippen molar-refractivity contribution < 1.29 is 20.1 Å². The quantitative estimate of drug-likeness (QED) is 0.616. The molecule has 4 atom stereocenters. The van der Waals surface area contributed by atoms with Gasteiger partial charge in [0.15, 0.2) is 23.2 Å². The normalized spacial score (nSPS) is 27.0. The number of anilines is 2. The lowest BCUT2D eigenvalue weighted by atomic mass is 10.1. The maximum Gasteiger partial charge on any atom is 0.228 e. The van der Waals surface area contributed by atoms with Crippen molar-refractivity contribution in [2.45, 2.75) is 24.5 Å². The van der Waals surface area contributed by atoms with E-state index in [1.54, 1.807) is 9.47 Å². The molecule has 2 aromatic rings. The molecule has 0 aliphatic carbocycles. The summed E-state index contributed by atoms with van der Waals surface area (Å²) in [4.78, 5) is 16.9. The molecule has 132 valence electrons. The minimum atomic E-state index is -1.19. The third kappa shape index (κ3) is 2.57. The highest BCUT2D eigenvalue weighted by atomic mass is 16.6. The van der Waals surface area contributed by atoms with Crippen LogP contribution in [0.4, 0.5) is 11.8 Å². The number of aliphatic hydroxyl groups excluding tert-OH is 3. The Balaban J connectivity index is 2.13. The average Bonchev–Trinajstić information content (AvgIpc) is 3.08. The number of hydrogen-bond acceptors (Lipinski definition) is 9. The van der Waals surface area contributed by atoms with Gasteiger partial charge in [-0.2, -0.15) is 9.97 Å². The van der Waals surface area contributed by atoms with Gasteiger partial charge in [-0.25, -0.2) is 4.98 Å². The first-order valence-electron chi connectivity index (χ1n) is 7.56. The SMILES string of the molecule is CN(C)c1nc(N(C)C)c2ncn([C@@H]3O[C@H](CO)C(O)[C@@H]3O)c2n1. The van der Waals surface area contributed by atoms with E-state index in [1.165, 1.54) is 6.33 Å².